The van der Waals surface area contributed by atoms with Crippen molar-refractivity contribution in [2.75, 3.05) is 25.4 Å². The molecule has 1 fully saturated rings. The number of piperidine rings is 1. The normalized spacial score (nSPS) is 14.2. The molecule has 1 aromatic carbocycles. The zero-order chi connectivity index (χ0) is 14.4. The highest BCUT2D eigenvalue weighted by Gasteiger charge is 2.16. The summed E-state index contributed by atoms with van der Waals surface area (Å²) in [4.78, 5) is 25.6. The topological polar surface area (TPSA) is 75.4 Å². The monoisotopic (exact) mass is 311 g/mol. The number of nitrogens with one attached hydrogen (secondary N) is 1. The Balaban J connectivity index is 0.00000220. The molecule has 5 nitrogen and oxygen atoms in total. The van der Waals surface area contributed by atoms with E-state index in [0.717, 1.165) is 25.9 Å². The highest BCUT2D eigenvalue weighted by molar-refractivity contribution is 5.94. The van der Waals surface area contributed by atoms with Crippen LogP contribution in [-0.4, -0.2) is 36.3 Å². The second-order valence-electron chi connectivity index (χ2n) is 5.07. The van der Waals surface area contributed by atoms with Crippen LogP contribution in [-0.2, 0) is 4.79 Å². The third-order valence-corrected chi connectivity index (χ3v) is 3.51. The number of amides is 2. The number of hydrogen-bond acceptors (Lipinski definition) is 3. The van der Waals surface area contributed by atoms with Crippen LogP contribution in [0.4, 0.5) is 5.69 Å². The van der Waals surface area contributed by atoms with Crippen molar-refractivity contribution in [1.29, 1.82) is 0 Å². The molecule has 1 heterocycles. The Hall–Kier alpha value is -1.75. The standard InChI is InChI=1S/C15H21N3O2.ClH/c16-13-6-4-12(5-7-13)15(20)17-9-8-14(19)18-10-2-1-3-11-18;/h4-7H,1-3,8-11,16H2,(H,17,20);1H. The molecule has 0 bridgehead atoms. The Labute approximate surface area is 131 Å². The van der Waals surface area contributed by atoms with Crippen molar-refractivity contribution in [3.8, 4) is 0 Å². The third kappa shape index (κ3) is 5.27. The van der Waals surface area contributed by atoms with Crippen molar-refractivity contribution in [3.05, 3.63) is 29.8 Å². The number of carbonyl (C=O) groups is 2. The second kappa shape index (κ2) is 8.52. The van der Waals surface area contributed by atoms with E-state index in [0.29, 0.717) is 24.2 Å². The molecule has 1 aliphatic rings. The van der Waals surface area contributed by atoms with E-state index in [9.17, 15) is 9.59 Å². The number of hydrogen-bond donors (Lipinski definition) is 2. The number of halogens is 1. The molecule has 1 aliphatic heterocycles. The summed E-state index contributed by atoms with van der Waals surface area (Å²) in [5.41, 5.74) is 6.75. The van der Waals surface area contributed by atoms with E-state index < -0.39 is 0 Å². The fraction of sp³-hybridized carbons (Fsp3) is 0.467. The lowest BCUT2D eigenvalue weighted by atomic mass is 10.1. The number of carbonyl (C=O) groups excluding carboxylic acids is 2. The van der Waals surface area contributed by atoms with E-state index >= 15 is 0 Å². The number of rotatable bonds is 4. The quantitative estimate of drug-likeness (QED) is 0.833. The molecular formula is C15H22ClN3O2. The van der Waals surface area contributed by atoms with Crippen LogP contribution in [0.2, 0.25) is 0 Å². The lowest BCUT2D eigenvalue weighted by Gasteiger charge is -2.26. The third-order valence-electron chi connectivity index (χ3n) is 3.51. The fourth-order valence-electron chi connectivity index (χ4n) is 2.32. The lowest BCUT2D eigenvalue weighted by Crippen LogP contribution is -2.37. The summed E-state index contributed by atoms with van der Waals surface area (Å²) in [6, 6.07) is 6.73. The van der Waals surface area contributed by atoms with Crippen molar-refractivity contribution in [2.45, 2.75) is 25.7 Å². The molecule has 1 saturated heterocycles. The summed E-state index contributed by atoms with van der Waals surface area (Å²) in [5.74, 6) is -0.0428. The van der Waals surface area contributed by atoms with Gasteiger partial charge in [0.1, 0.15) is 0 Å². The van der Waals surface area contributed by atoms with Gasteiger partial charge in [-0.3, -0.25) is 9.59 Å². The van der Waals surface area contributed by atoms with Crippen molar-refractivity contribution in [3.63, 3.8) is 0 Å². The minimum Gasteiger partial charge on any atom is -0.399 e. The SMILES string of the molecule is Cl.Nc1ccc(C(=O)NCCC(=O)N2CCCCC2)cc1. The summed E-state index contributed by atoms with van der Waals surface area (Å²) in [7, 11) is 0. The van der Waals surface area contributed by atoms with Gasteiger partial charge in [-0.15, -0.1) is 12.4 Å². The van der Waals surface area contributed by atoms with Crippen LogP contribution in [0.1, 0.15) is 36.0 Å². The minimum absolute atomic E-state index is 0. The van der Waals surface area contributed by atoms with Crippen molar-refractivity contribution >= 4 is 29.9 Å². The highest BCUT2D eigenvalue weighted by Crippen LogP contribution is 2.09. The Morgan fingerprint density at radius 2 is 1.71 bits per heavy atom. The fourth-order valence-corrected chi connectivity index (χ4v) is 2.32. The van der Waals surface area contributed by atoms with E-state index in [-0.39, 0.29) is 24.2 Å². The second-order valence-corrected chi connectivity index (χ2v) is 5.07. The smallest absolute Gasteiger partial charge is 0.251 e. The van der Waals surface area contributed by atoms with Gasteiger partial charge < -0.3 is 16.0 Å². The molecule has 21 heavy (non-hydrogen) atoms. The Bertz CT molecular complexity index is 470. The maximum absolute atomic E-state index is 11.9. The molecule has 3 N–H and O–H groups in total. The van der Waals surface area contributed by atoms with Crippen LogP contribution >= 0.6 is 12.4 Å². The van der Waals surface area contributed by atoms with Crippen LogP contribution in [0.3, 0.4) is 0 Å². The number of nitrogens with two attached hydrogens (primary N) is 1. The lowest BCUT2D eigenvalue weighted by molar-refractivity contribution is -0.131. The van der Waals surface area contributed by atoms with E-state index in [1.165, 1.54) is 6.42 Å². The summed E-state index contributed by atoms with van der Waals surface area (Å²) in [6.07, 6.45) is 3.74. The predicted octanol–water partition coefficient (Wildman–Crippen LogP) is 1.82. The molecule has 0 aliphatic carbocycles. The predicted molar refractivity (Wildman–Crippen MR) is 85.5 cm³/mol. The van der Waals surface area contributed by atoms with E-state index in [2.05, 4.69) is 5.32 Å². The van der Waals surface area contributed by atoms with E-state index in [1.54, 1.807) is 24.3 Å². The van der Waals surface area contributed by atoms with Gasteiger partial charge in [-0.1, -0.05) is 0 Å². The average molecular weight is 312 g/mol. The first kappa shape index (κ1) is 17.3. The molecule has 6 heteroatoms. The molecular weight excluding hydrogens is 290 g/mol. The van der Waals surface area contributed by atoms with Crippen molar-refractivity contribution in [2.24, 2.45) is 0 Å². The largest absolute Gasteiger partial charge is 0.399 e. The minimum atomic E-state index is -0.170. The molecule has 2 rings (SSSR count). The molecule has 0 unspecified atom stereocenters. The van der Waals surface area contributed by atoms with Gasteiger partial charge in [-0.05, 0) is 43.5 Å². The first-order valence-electron chi connectivity index (χ1n) is 7.08. The molecule has 1 aromatic rings. The molecule has 2 amide bonds. The number of nitrogen functional groups attached to an aromatic ring is 1. The zero-order valence-electron chi connectivity index (χ0n) is 12.0. The van der Waals surface area contributed by atoms with Crippen LogP contribution in [0.15, 0.2) is 24.3 Å². The van der Waals surface area contributed by atoms with Crippen LogP contribution in [0, 0.1) is 0 Å². The zero-order valence-corrected chi connectivity index (χ0v) is 12.8. The first-order chi connectivity index (χ1) is 9.66. The van der Waals surface area contributed by atoms with Gasteiger partial charge in [-0.25, -0.2) is 0 Å². The van der Waals surface area contributed by atoms with Crippen LogP contribution in [0.25, 0.3) is 0 Å². The van der Waals surface area contributed by atoms with Gasteiger partial charge in [0, 0.05) is 37.3 Å². The summed E-state index contributed by atoms with van der Waals surface area (Å²) < 4.78 is 0. The van der Waals surface area contributed by atoms with Crippen molar-refractivity contribution < 1.29 is 9.59 Å². The maximum Gasteiger partial charge on any atom is 0.251 e. The molecule has 0 spiro atoms. The molecule has 0 radical (unpaired) electrons. The van der Waals surface area contributed by atoms with Gasteiger partial charge in [0.2, 0.25) is 5.91 Å². The number of nitrogens with zero attached hydrogens (tertiary/aromatic N) is 1. The summed E-state index contributed by atoms with van der Waals surface area (Å²) in [5, 5.41) is 2.76. The van der Waals surface area contributed by atoms with Gasteiger partial charge in [0.25, 0.3) is 5.91 Å². The number of benzene rings is 1. The summed E-state index contributed by atoms with van der Waals surface area (Å²) >= 11 is 0. The average Bonchev–Trinajstić information content (AvgIpc) is 2.48. The van der Waals surface area contributed by atoms with Crippen LogP contribution in [0.5, 0.6) is 0 Å². The van der Waals surface area contributed by atoms with E-state index in [4.69, 9.17) is 5.73 Å². The first-order valence-corrected chi connectivity index (χ1v) is 7.08. The van der Waals surface area contributed by atoms with Gasteiger partial charge in [-0.2, -0.15) is 0 Å². The highest BCUT2D eigenvalue weighted by atomic mass is 35.5. The van der Waals surface area contributed by atoms with Gasteiger partial charge in [0.05, 0.1) is 0 Å². The summed E-state index contributed by atoms with van der Waals surface area (Å²) in [6.45, 7) is 2.08. The van der Waals surface area contributed by atoms with Crippen molar-refractivity contribution in [1.82, 2.24) is 10.2 Å². The van der Waals surface area contributed by atoms with Gasteiger partial charge >= 0.3 is 0 Å². The van der Waals surface area contributed by atoms with Crippen LogP contribution < -0.4 is 11.1 Å². The Morgan fingerprint density at radius 1 is 1.10 bits per heavy atom. The number of anilines is 1. The number of likely N-dealkylation sites (tertiary alicyclic amines) is 1. The molecule has 0 aromatic heterocycles. The van der Waals surface area contributed by atoms with Gasteiger partial charge in [0.15, 0.2) is 0 Å². The molecule has 0 atom stereocenters. The maximum atomic E-state index is 11.9. The molecule has 116 valence electrons. The Morgan fingerprint density at radius 3 is 2.33 bits per heavy atom. The Kier molecular flexibility index (Phi) is 7.02. The van der Waals surface area contributed by atoms with E-state index in [1.807, 2.05) is 4.90 Å². The molecule has 0 saturated carbocycles.